The van der Waals surface area contributed by atoms with Crippen LogP contribution in [0.1, 0.15) is 22.7 Å². The molecule has 0 unspecified atom stereocenters. The van der Waals surface area contributed by atoms with Crippen molar-refractivity contribution < 1.29 is 9.21 Å². The maximum atomic E-state index is 11.1. The summed E-state index contributed by atoms with van der Waals surface area (Å²) in [5.41, 5.74) is 0.447. The van der Waals surface area contributed by atoms with Gasteiger partial charge in [-0.3, -0.25) is 4.79 Å². The lowest BCUT2D eigenvalue weighted by Crippen LogP contribution is -2.22. The first-order valence-corrected chi connectivity index (χ1v) is 3.58. The highest BCUT2D eigenvalue weighted by Gasteiger charge is 2.18. The number of hydrogen-bond acceptors (Lipinski definition) is 3. The smallest absolute Gasteiger partial charge is 0.273 e. The normalized spacial score (nSPS) is 16.9. The van der Waals surface area contributed by atoms with E-state index in [1.165, 1.54) is 6.39 Å². The molecule has 4 nitrogen and oxygen atoms in total. The largest absolute Gasteiger partial charge is 0.448 e. The summed E-state index contributed by atoms with van der Waals surface area (Å²) in [4.78, 5) is 15.0. The van der Waals surface area contributed by atoms with Gasteiger partial charge in [0.15, 0.2) is 12.1 Å². The number of carbonyl (C=O) groups excluding carboxylic acids is 1. The monoisotopic (exact) mass is 152 g/mol. The molecule has 0 atom stereocenters. The molecule has 1 aromatic rings. The van der Waals surface area contributed by atoms with Crippen LogP contribution in [0.4, 0.5) is 0 Å². The fourth-order valence-electron chi connectivity index (χ4n) is 1.17. The van der Waals surface area contributed by atoms with Gasteiger partial charge in [-0.1, -0.05) is 0 Å². The number of amides is 1. The summed E-state index contributed by atoms with van der Waals surface area (Å²) in [5.74, 6) is 0.589. The number of fused-ring (bicyclic) bond motifs is 1. The van der Waals surface area contributed by atoms with E-state index in [4.69, 9.17) is 4.42 Å². The lowest BCUT2D eigenvalue weighted by Gasteiger charge is -1.94. The van der Waals surface area contributed by atoms with Gasteiger partial charge in [-0.15, -0.1) is 0 Å². The highest BCUT2D eigenvalue weighted by atomic mass is 16.3. The number of aryl methyl sites for hydroxylation is 1. The molecular weight excluding hydrogens is 144 g/mol. The molecule has 0 saturated carbocycles. The molecule has 1 aliphatic rings. The highest BCUT2D eigenvalue weighted by molar-refractivity contribution is 5.93. The summed E-state index contributed by atoms with van der Waals surface area (Å²) in [5, 5.41) is 2.73. The van der Waals surface area contributed by atoms with Crippen LogP contribution in [0, 0.1) is 0 Å². The van der Waals surface area contributed by atoms with E-state index in [0.29, 0.717) is 18.0 Å². The van der Waals surface area contributed by atoms with Gasteiger partial charge in [-0.25, -0.2) is 4.98 Å². The van der Waals surface area contributed by atoms with Crippen molar-refractivity contribution in [3.63, 3.8) is 0 Å². The maximum Gasteiger partial charge on any atom is 0.273 e. The van der Waals surface area contributed by atoms with Crippen LogP contribution in [-0.2, 0) is 6.42 Å². The van der Waals surface area contributed by atoms with E-state index in [1.807, 2.05) is 0 Å². The molecule has 4 heteroatoms. The zero-order chi connectivity index (χ0) is 7.68. The third-order valence-corrected chi connectivity index (χ3v) is 1.72. The molecule has 0 bridgehead atoms. The minimum atomic E-state index is -0.119. The van der Waals surface area contributed by atoms with Crippen LogP contribution in [0.5, 0.6) is 0 Å². The topological polar surface area (TPSA) is 55.1 Å². The van der Waals surface area contributed by atoms with Crippen molar-refractivity contribution in [1.29, 1.82) is 0 Å². The van der Waals surface area contributed by atoms with Crippen LogP contribution in [-0.4, -0.2) is 17.4 Å². The van der Waals surface area contributed by atoms with E-state index in [-0.39, 0.29) is 5.91 Å². The Morgan fingerprint density at radius 3 is 3.45 bits per heavy atom. The minimum Gasteiger partial charge on any atom is -0.448 e. The Bertz CT molecular complexity index is 280. The lowest BCUT2D eigenvalue weighted by molar-refractivity contribution is 0.0951. The first kappa shape index (κ1) is 6.39. The Hall–Kier alpha value is -1.32. The molecule has 0 spiro atoms. The van der Waals surface area contributed by atoms with Crippen molar-refractivity contribution >= 4 is 5.91 Å². The quantitative estimate of drug-likeness (QED) is 0.583. The first-order valence-electron chi connectivity index (χ1n) is 3.58. The van der Waals surface area contributed by atoms with Crippen LogP contribution in [0.25, 0.3) is 0 Å². The highest BCUT2D eigenvalue weighted by Crippen LogP contribution is 2.11. The Labute approximate surface area is 63.6 Å². The molecule has 1 amide bonds. The number of nitrogens with zero attached hydrogens (tertiary/aromatic N) is 1. The van der Waals surface area contributed by atoms with Crippen LogP contribution in [0.2, 0.25) is 0 Å². The third kappa shape index (κ3) is 1.00. The predicted octanol–water partition coefficient (Wildman–Crippen LogP) is 0.351. The minimum absolute atomic E-state index is 0.119. The Morgan fingerprint density at radius 1 is 1.64 bits per heavy atom. The SMILES string of the molecule is O=C1NCCCc2ocnc21. The summed E-state index contributed by atoms with van der Waals surface area (Å²) in [6, 6.07) is 0. The average molecular weight is 152 g/mol. The van der Waals surface area contributed by atoms with E-state index < -0.39 is 0 Å². The zero-order valence-electron chi connectivity index (χ0n) is 5.96. The lowest BCUT2D eigenvalue weighted by atomic mass is 10.2. The molecule has 58 valence electrons. The van der Waals surface area contributed by atoms with Gasteiger partial charge in [-0.05, 0) is 6.42 Å². The number of carbonyl (C=O) groups is 1. The summed E-state index contributed by atoms with van der Waals surface area (Å²) in [6.45, 7) is 0.713. The Balaban J connectivity index is 2.41. The number of nitrogens with one attached hydrogen (secondary N) is 1. The Morgan fingerprint density at radius 2 is 2.55 bits per heavy atom. The molecule has 0 saturated heterocycles. The fourth-order valence-corrected chi connectivity index (χ4v) is 1.17. The molecule has 11 heavy (non-hydrogen) atoms. The second kappa shape index (κ2) is 2.38. The summed E-state index contributed by atoms with van der Waals surface area (Å²) in [7, 11) is 0. The van der Waals surface area contributed by atoms with E-state index in [0.717, 1.165) is 12.8 Å². The van der Waals surface area contributed by atoms with Crippen molar-refractivity contribution in [1.82, 2.24) is 10.3 Å². The van der Waals surface area contributed by atoms with Gasteiger partial charge in [0.25, 0.3) is 5.91 Å². The molecule has 0 radical (unpaired) electrons. The zero-order valence-corrected chi connectivity index (χ0v) is 5.96. The second-order valence-corrected chi connectivity index (χ2v) is 2.48. The predicted molar refractivity (Wildman–Crippen MR) is 37.2 cm³/mol. The molecule has 0 aliphatic carbocycles. The van der Waals surface area contributed by atoms with Crippen molar-refractivity contribution in [3.8, 4) is 0 Å². The average Bonchev–Trinajstić information content (AvgIpc) is 2.40. The number of aromatic nitrogens is 1. The van der Waals surface area contributed by atoms with E-state index in [1.54, 1.807) is 0 Å². The van der Waals surface area contributed by atoms with Gasteiger partial charge in [0.1, 0.15) is 5.76 Å². The molecule has 1 aromatic heterocycles. The number of oxazole rings is 1. The van der Waals surface area contributed by atoms with Crippen molar-refractivity contribution in [2.75, 3.05) is 6.54 Å². The maximum absolute atomic E-state index is 11.1. The van der Waals surface area contributed by atoms with Gasteiger partial charge in [0, 0.05) is 13.0 Å². The van der Waals surface area contributed by atoms with Gasteiger partial charge in [0.2, 0.25) is 0 Å². The summed E-state index contributed by atoms with van der Waals surface area (Å²) < 4.78 is 5.03. The van der Waals surface area contributed by atoms with E-state index in [9.17, 15) is 4.79 Å². The van der Waals surface area contributed by atoms with Crippen molar-refractivity contribution in [3.05, 3.63) is 17.8 Å². The Kier molecular flexibility index (Phi) is 1.38. The molecule has 0 aromatic carbocycles. The molecule has 1 aliphatic heterocycles. The molecular formula is C7H8N2O2. The number of rotatable bonds is 0. The van der Waals surface area contributed by atoms with Gasteiger partial charge >= 0.3 is 0 Å². The number of hydrogen-bond donors (Lipinski definition) is 1. The summed E-state index contributed by atoms with van der Waals surface area (Å²) in [6.07, 6.45) is 3.04. The van der Waals surface area contributed by atoms with Gasteiger partial charge in [-0.2, -0.15) is 0 Å². The van der Waals surface area contributed by atoms with Crippen LogP contribution >= 0.6 is 0 Å². The van der Waals surface area contributed by atoms with E-state index in [2.05, 4.69) is 10.3 Å². The van der Waals surface area contributed by atoms with E-state index >= 15 is 0 Å². The molecule has 1 N–H and O–H groups in total. The third-order valence-electron chi connectivity index (χ3n) is 1.72. The standard InChI is InChI=1S/C7H8N2O2/c10-7-6-5(11-4-9-6)2-1-3-8-7/h4H,1-3H2,(H,8,10). The fraction of sp³-hybridized carbons (Fsp3) is 0.429. The second-order valence-electron chi connectivity index (χ2n) is 2.48. The van der Waals surface area contributed by atoms with Crippen LogP contribution < -0.4 is 5.32 Å². The first-order chi connectivity index (χ1) is 5.38. The molecule has 2 rings (SSSR count). The van der Waals surface area contributed by atoms with Gasteiger partial charge < -0.3 is 9.73 Å². The summed E-state index contributed by atoms with van der Waals surface area (Å²) >= 11 is 0. The van der Waals surface area contributed by atoms with Crippen LogP contribution in [0.3, 0.4) is 0 Å². The molecule has 0 fully saturated rings. The van der Waals surface area contributed by atoms with Crippen LogP contribution in [0.15, 0.2) is 10.8 Å². The van der Waals surface area contributed by atoms with Crippen molar-refractivity contribution in [2.45, 2.75) is 12.8 Å². The van der Waals surface area contributed by atoms with Gasteiger partial charge in [0.05, 0.1) is 0 Å². The molecule has 2 heterocycles. The van der Waals surface area contributed by atoms with Crippen molar-refractivity contribution in [2.24, 2.45) is 0 Å².